The molecule has 15 heavy (non-hydrogen) atoms. The molecular formula is C10H12N4O. The third-order valence-corrected chi connectivity index (χ3v) is 2.01. The molecule has 5 heteroatoms. The minimum Gasteiger partial charge on any atom is -0.305 e. The summed E-state index contributed by atoms with van der Waals surface area (Å²) >= 11 is 0. The largest absolute Gasteiger partial charge is 0.305 e. The number of nitrogens with one attached hydrogen (secondary N) is 1. The van der Waals surface area contributed by atoms with E-state index in [4.69, 9.17) is 4.84 Å². The molecule has 0 saturated heterocycles. The maximum Gasteiger partial charge on any atom is 0.138 e. The van der Waals surface area contributed by atoms with Crippen molar-refractivity contribution in [1.29, 1.82) is 0 Å². The molecule has 0 aliphatic heterocycles. The first kappa shape index (κ1) is 9.82. The van der Waals surface area contributed by atoms with Gasteiger partial charge in [-0.2, -0.15) is 10.6 Å². The van der Waals surface area contributed by atoms with Crippen LogP contribution in [-0.2, 0) is 11.4 Å². The Balaban J connectivity index is 2.19. The second-order valence-corrected chi connectivity index (χ2v) is 3.04. The van der Waals surface area contributed by atoms with Crippen molar-refractivity contribution in [2.45, 2.75) is 6.54 Å². The van der Waals surface area contributed by atoms with Gasteiger partial charge in [0.15, 0.2) is 0 Å². The molecule has 0 unspecified atom stereocenters. The van der Waals surface area contributed by atoms with Gasteiger partial charge in [-0.3, -0.25) is 0 Å². The average molecular weight is 204 g/mol. The number of rotatable bonds is 4. The highest BCUT2D eigenvalue weighted by atomic mass is 16.6. The van der Waals surface area contributed by atoms with E-state index < -0.39 is 0 Å². The maximum absolute atomic E-state index is 4.79. The van der Waals surface area contributed by atoms with E-state index >= 15 is 0 Å². The summed E-state index contributed by atoms with van der Waals surface area (Å²) in [6.07, 6.45) is 3.18. The molecule has 0 fully saturated rings. The fourth-order valence-electron chi connectivity index (χ4n) is 1.31. The standard InChI is InChI=1S/C10H12N4O/c1-15-13-6-9-3-2-4-10(5-9)14-8-11-7-12-14/h2-5,7-8,13H,6H2,1H3. The molecular weight excluding hydrogens is 192 g/mol. The predicted octanol–water partition coefficient (Wildman–Crippen LogP) is 0.918. The van der Waals surface area contributed by atoms with Gasteiger partial charge >= 0.3 is 0 Å². The van der Waals surface area contributed by atoms with Crippen LogP contribution in [0.3, 0.4) is 0 Å². The molecule has 1 heterocycles. The Morgan fingerprint density at radius 2 is 2.40 bits per heavy atom. The van der Waals surface area contributed by atoms with Crippen LogP contribution in [0.25, 0.3) is 5.69 Å². The summed E-state index contributed by atoms with van der Waals surface area (Å²) < 4.78 is 1.72. The molecule has 0 atom stereocenters. The Labute approximate surface area is 87.7 Å². The van der Waals surface area contributed by atoms with E-state index in [9.17, 15) is 0 Å². The fourth-order valence-corrected chi connectivity index (χ4v) is 1.31. The molecule has 2 rings (SSSR count). The molecule has 78 valence electrons. The van der Waals surface area contributed by atoms with E-state index in [0.29, 0.717) is 6.54 Å². The van der Waals surface area contributed by atoms with Crippen LogP contribution in [0.1, 0.15) is 5.56 Å². The number of hydroxylamine groups is 1. The lowest BCUT2D eigenvalue weighted by atomic mass is 10.2. The van der Waals surface area contributed by atoms with E-state index in [1.165, 1.54) is 6.33 Å². The Bertz CT molecular complexity index is 413. The lowest BCUT2D eigenvalue weighted by Gasteiger charge is -2.04. The van der Waals surface area contributed by atoms with E-state index in [-0.39, 0.29) is 0 Å². The third-order valence-electron chi connectivity index (χ3n) is 2.01. The molecule has 0 amide bonds. The topological polar surface area (TPSA) is 52.0 Å². The summed E-state index contributed by atoms with van der Waals surface area (Å²) in [5.41, 5.74) is 4.91. The predicted molar refractivity (Wildman–Crippen MR) is 55.2 cm³/mol. The molecule has 1 aromatic carbocycles. The van der Waals surface area contributed by atoms with Crippen LogP contribution in [0.2, 0.25) is 0 Å². The van der Waals surface area contributed by atoms with Crippen LogP contribution < -0.4 is 5.48 Å². The maximum atomic E-state index is 4.79. The fraction of sp³-hybridized carbons (Fsp3) is 0.200. The van der Waals surface area contributed by atoms with Crippen molar-refractivity contribution >= 4 is 0 Å². The average Bonchev–Trinajstić information content (AvgIpc) is 2.80. The van der Waals surface area contributed by atoms with E-state index in [0.717, 1.165) is 11.3 Å². The molecule has 5 nitrogen and oxygen atoms in total. The van der Waals surface area contributed by atoms with Crippen molar-refractivity contribution in [3.63, 3.8) is 0 Å². The quantitative estimate of drug-likeness (QED) is 0.752. The molecule has 0 aliphatic rings. The van der Waals surface area contributed by atoms with Gasteiger partial charge in [0.25, 0.3) is 0 Å². The zero-order valence-electron chi connectivity index (χ0n) is 8.42. The normalized spacial score (nSPS) is 10.5. The summed E-state index contributed by atoms with van der Waals surface area (Å²) in [5.74, 6) is 0. The van der Waals surface area contributed by atoms with E-state index in [2.05, 4.69) is 15.6 Å². The van der Waals surface area contributed by atoms with Gasteiger partial charge in [-0.05, 0) is 17.7 Å². The van der Waals surface area contributed by atoms with Crippen LogP contribution >= 0.6 is 0 Å². The smallest absolute Gasteiger partial charge is 0.138 e. The lowest BCUT2D eigenvalue weighted by Crippen LogP contribution is -2.10. The molecule has 0 radical (unpaired) electrons. The minimum absolute atomic E-state index is 0.666. The summed E-state index contributed by atoms with van der Waals surface area (Å²) in [4.78, 5) is 8.69. The van der Waals surface area contributed by atoms with Crippen LogP contribution in [0.4, 0.5) is 0 Å². The van der Waals surface area contributed by atoms with E-state index in [1.54, 1.807) is 18.1 Å². The molecule has 0 spiro atoms. The van der Waals surface area contributed by atoms with Crippen molar-refractivity contribution in [1.82, 2.24) is 20.2 Å². The summed E-state index contributed by atoms with van der Waals surface area (Å²) in [5, 5.41) is 4.06. The van der Waals surface area contributed by atoms with E-state index in [1.807, 2.05) is 24.3 Å². The lowest BCUT2D eigenvalue weighted by molar-refractivity contribution is 0.0867. The van der Waals surface area contributed by atoms with Crippen LogP contribution in [0, 0.1) is 0 Å². The molecule has 0 bridgehead atoms. The van der Waals surface area contributed by atoms with Gasteiger partial charge < -0.3 is 4.84 Å². The highest BCUT2D eigenvalue weighted by Gasteiger charge is 1.98. The second-order valence-electron chi connectivity index (χ2n) is 3.04. The van der Waals surface area contributed by atoms with Gasteiger partial charge in [0, 0.05) is 6.54 Å². The number of nitrogens with zero attached hydrogens (tertiary/aromatic N) is 3. The third kappa shape index (κ3) is 2.39. The molecule has 2 aromatic rings. The van der Waals surface area contributed by atoms with Crippen molar-refractivity contribution in [2.75, 3.05) is 7.11 Å². The summed E-state index contributed by atoms with van der Waals surface area (Å²) in [6, 6.07) is 8.00. The van der Waals surface area contributed by atoms with Crippen molar-refractivity contribution in [2.24, 2.45) is 0 Å². The first-order valence-corrected chi connectivity index (χ1v) is 4.60. The monoisotopic (exact) mass is 204 g/mol. The number of aromatic nitrogens is 3. The first-order valence-electron chi connectivity index (χ1n) is 4.60. The SMILES string of the molecule is CONCc1cccc(-n2cncn2)c1. The van der Waals surface area contributed by atoms with Gasteiger partial charge in [-0.25, -0.2) is 9.67 Å². The zero-order valence-corrected chi connectivity index (χ0v) is 8.42. The van der Waals surface area contributed by atoms with Gasteiger partial charge in [-0.15, -0.1) is 0 Å². The highest BCUT2D eigenvalue weighted by Crippen LogP contribution is 2.08. The van der Waals surface area contributed by atoms with Crippen LogP contribution in [0.15, 0.2) is 36.9 Å². The molecule has 1 N–H and O–H groups in total. The zero-order chi connectivity index (χ0) is 10.5. The summed E-state index contributed by atoms with van der Waals surface area (Å²) in [6.45, 7) is 0.666. The van der Waals surface area contributed by atoms with Gasteiger partial charge in [0.2, 0.25) is 0 Å². The Morgan fingerprint density at radius 1 is 1.47 bits per heavy atom. The Morgan fingerprint density at radius 3 is 3.13 bits per heavy atom. The molecule has 1 aromatic heterocycles. The number of hydrogen-bond donors (Lipinski definition) is 1. The van der Waals surface area contributed by atoms with Gasteiger partial charge in [0.05, 0.1) is 12.8 Å². The Kier molecular flexibility index (Phi) is 3.06. The second kappa shape index (κ2) is 4.68. The Hall–Kier alpha value is -1.72. The molecule has 0 saturated carbocycles. The number of benzene rings is 1. The first-order chi connectivity index (χ1) is 7.40. The summed E-state index contributed by atoms with van der Waals surface area (Å²) in [7, 11) is 1.60. The number of hydrogen-bond acceptors (Lipinski definition) is 4. The van der Waals surface area contributed by atoms with Crippen molar-refractivity contribution in [3.05, 3.63) is 42.5 Å². The van der Waals surface area contributed by atoms with Crippen molar-refractivity contribution < 1.29 is 4.84 Å². The van der Waals surface area contributed by atoms with Crippen molar-refractivity contribution in [3.8, 4) is 5.69 Å². The minimum atomic E-state index is 0.666. The molecule has 0 aliphatic carbocycles. The van der Waals surface area contributed by atoms with Crippen LogP contribution in [-0.4, -0.2) is 21.9 Å². The highest BCUT2D eigenvalue weighted by molar-refractivity contribution is 5.34. The van der Waals surface area contributed by atoms with Gasteiger partial charge in [0.1, 0.15) is 12.7 Å². The van der Waals surface area contributed by atoms with Crippen LogP contribution in [0.5, 0.6) is 0 Å². The van der Waals surface area contributed by atoms with Gasteiger partial charge in [-0.1, -0.05) is 12.1 Å².